The van der Waals surface area contributed by atoms with Crippen molar-refractivity contribution in [3.05, 3.63) is 90.6 Å². The van der Waals surface area contributed by atoms with Gasteiger partial charge in [0.25, 0.3) is 0 Å². The Kier molecular flexibility index (Phi) is 3.98. The van der Waals surface area contributed by atoms with E-state index in [0.29, 0.717) is 5.95 Å². The van der Waals surface area contributed by atoms with Gasteiger partial charge in [-0.25, -0.2) is 15.0 Å². The Labute approximate surface area is 123 Å². The van der Waals surface area contributed by atoms with Crippen LogP contribution in [0.25, 0.3) is 5.57 Å². The summed E-state index contributed by atoms with van der Waals surface area (Å²) in [6, 6.07) is 20.4. The molecule has 0 fully saturated rings. The van der Waals surface area contributed by atoms with Crippen LogP contribution in [0.5, 0.6) is 0 Å². The lowest BCUT2D eigenvalue weighted by molar-refractivity contribution is 1.05. The van der Waals surface area contributed by atoms with E-state index in [9.17, 15) is 0 Å². The Hall–Kier alpha value is -3.01. The van der Waals surface area contributed by atoms with Gasteiger partial charge in [-0.15, -0.1) is 0 Å². The lowest BCUT2D eigenvalue weighted by Crippen LogP contribution is -1.98. The van der Waals surface area contributed by atoms with Gasteiger partial charge >= 0.3 is 0 Å². The average molecular weight is 274 g/mol. The molecule has 0 spiro atoms. The number of aromatic nitrogens is 3. The van der Waals surface area contributed by atoms with Crippen LogP contribution in [0.15, 0.2) is 79.5 Å². The third-order valence-corrected chi connectivity index (χ3v) is 3.01. The van der Waals surface area contributed by atoms with E-state index in [1.807, 2.05) is 42.6 Å². The Morgan fingerprint density at radius 1 is 0.762 bits per heavy atom. The van der Waals surface area contributed by atoms with Crippen molar-refractivity contribution in [3.8, 4) is 0 Å². The highest BCUT2D eigenvalue weighted by molar-refractivity contribution is 5.80. The summed E-state index contributed by atoms with van der Waals surface area (Å²) in [5, 5.41) is 3.12. The Morgan fingerprint density at radius 2 is 1.29 bits per heavy atom. The van der Waals surface area contributed by atoms with Gasteiger partial charge in [0.15, 0.2) is 0 Å². The van der Waals surface area contributed by atoms with Crippen LogP contribution in [0.2, 0.25) is 0 Å². The van der Waals surface area contributed by atoms with E-state index in [4.69, 9.17) is 0 Å². The molecule has 0 radical (unpaired) electrons. The molecule has 0 aliphatic carbocycles. The second-order valence-electron chi connectivity index (χ2n) is 4.40. The molecule has 1 heterocycles. The van der Waals surface area contributed by atoms with Crippen molar-refractivity contribution in [1.29, 1.82) is 0 Å². The van der Waals surface area contributed by atoms with Crippen LogP contribution in [-0.4, -0.2) is 15.0 Å². The molecule has 1 aromatic heterocycles. The molecule has 102 valence electrons. The first-order valence-corrected chi connectivity index (χ1v) is 6.63. The van der Waals surface area contributed by atoms with E-state index in [0.717, 1.165) is 16.7 Å². The number of nitrogens with zero attached hydrogens (tertiary/aromatic N) is 3. The van der Waals surface area contributed by atoms with E-state index >= 15 is 0 Å². The number of rotatable bonds is 4. The van der Waals surface area contributed by atoms with Crippen LogP contribution in [0, 0.1) is 0 Å². The molecule has 21 heavy (non-hydrogen) atoms. The normalized spacial score (nSPS) is 9.90. The molecular formula is C17H14N4. The average Bonchev–Trinajstić information content (AvgIpc) is 2.58. The largest absolute Gasteiger partial charge is 0.330 e. The zero-order valence-electron chi connectivity index (χ0n) is 11.3. The predicted octanol–water partition coefficient (Wildman–Crippen LogP) is 3.37. The van der Waals surface area contributed by atoms with Gasteiger partial charge in [-0.3, -0.25) is 0 Å². The smallest absolute Gasteiger partial charge is 0.229 e. The summed E-state index contributed by atoms with van der Waals surface area (Å²) < 4.78 is 0. The number of anilines is 1. The van der Waals surface area contributed by atoms with Crippen LogP contribution in [-0.2, 0) is 0 Å². The molecule has 2 aromatic carbocycles. The highest BCUT2D eigenvalue weighted by atomic mass is 15.1. The number of nitrogens with one attached hydrogen (secondary N) is 1. The molecule has 0 aliphatic heterocycles. The second-order valence-corrected chi connectivity index (χ2v) is 4.40. The van der Waals surface area contributed by atoms with Gasteiger partial charge < -0.3 is 5.32 Å². The molecule has 0 amide bonds. The van der Waals surface area contributed by atoms with E-state index in [1.54, 1.807) is 0 Å². The topological polar surface area (TPSA) is 50.7 Å². The Balaban J connectivity index is 1.97. The van der Waals surface area contributed by atoms with Crippen molar-refractivity contribution < 1.29 is 0 Å². The minimum absolute atomic E-state index is 0.523. The molecule has 3 rings (SSSR count). The standard InChI is InChI=1S/C17H14N4/c1-3-7-14(8-4-1)16(15-9-5-2-6-10-15)11-19-17-20-12-18-13-21-17/h1-13H,(H,18,19,20,21). The first-order chi connectivity index (χ1) is 10.4. The maximum atomic E-state index is 4.06. The second kappa shape index (κ2) is 6.43. The van der Waals surface area contributed by atoms with Gasteiger partial charge in [0, 0.05) is 11.8 Å². The quantitative estimate of drug-likeness (QED) is 0.792. The highest BCUT2D eigenvalue weighted by Gasteiger charge is 2.04. The summed E-state index contributed by atoms with van der Waals surface area (Å²) in [4.78, 5) is 11.9. The Bertz CT molecular complexity index is 668. The van der Waals surface area contributed by atoms with Gasteiger partial charge in [0.2, 0.25) is 5.95 Å². The molecule has 4 heteroatoms. The Morgan fingerprint density at radius 3 is 1.81 bits per heavy atom. The molecule has 0 aliphatic rings. The summed E-state index contributed by atoms with van der Waals surface area (Å²) in [7, 11) is 0. The highest BCUT2D eigenvalue weighted by Crippen LogP contribution is 2.22. The van der Waals surface area contributed by atoms with Crippen molar-refractivity contribution in [1.82, 2.24) is 15.0 Å². The van der Waals surface area contributed by atoms with E-state index < -0.39 is 0 Å². The van der Waals surface area contributed by atoms with E-state index in [1.165, 1.54) is 12.7 Å². The lowest BCUT2D eigenvalue weighted by atomic mass is 9.99. The predicted molar refractivity (Wildman–Crippen MR) is 83.4 cm³/mol. The van der Waals surface area contributed by atoms with Gasteiger partial charge in [0.05, 0.1) is 0 Å². The monoisotopic (exact) mass is 274 g/mol. The van der Waals surface area contributed by atoms with Crippen molar-refractivity contribution in [2.24, 2.45) is 0 Å². The molecule has 0 unspecified atom stereocenters. The van der Waals surface area contributed by atoms with Crippen LogP contribution < -0.4 is 5.32 Å². The summed E-state index contributed by atoms with van der Waals surface area (Å²) in [5.74, 6) is 0.523. The maximum absolute atomic E-state index is 4.06. The van der Waals surface area contributed by atoms with E-state index in [2.05, 4.69) is 44.5 Å². The number of hydrogen-bond acceptors (Lipinski definition) is 4. The molecule has 0 saturated heterocycles. The van der Waals surface area contributed by atoms with Gasteiger partial charge in [-0.2, -0.15) is 0 Å². The summed E-state index contributed by atoms with van der Waals surface area (Å²) in [5.41, 5.74) is 3.34. The van der Waals surface area contributed by atoms with Crippen molar-refractivity contribution in [3.63, 3.8) is 0 Å². The minimum atomic E-state index is 0.523. The van der Waals surface area contributed by atoms with Crippen LogP contribution in [0.3, 0.4) is 0 Å². The number of benzene rings is 2. The molecule has 0 saturated carbocycles. The van der Waals surface area contributed by atoms with Crippen molar-refractivity contribution in [2.75, 3.05) is 5.32 Å². The van der Waals surface area contributed by atoms with Crippen LogP contribution in [0.1, 0.15) is 11.1 Å². The fraction of sp³-hybridized carbons (Fsp3) is 0. The molecule has 4 nitrogen and oxygen atoms in total. The third kappa shape index (κ3) is 3.30. The van der Waals surface area contributed by atoms with Crippen molar-refractivity contribution in [2.45, 2.75) is 0 Å². The van der Waals surface area contributed by atoms with E-state index in [-0.39, 0.29) is 0 Å². The maximum Gasteiger partial charge on any atom is 0.229 e. The molecule has 0 atom stereocenters. The molecule has 0 bridgehead atoms. The van der Waals surface area contributed by atoms with Gasteiger partial charge in [0.1, 0.15) is 12.7 Å². The molecule has 1 N–H and O–H groups in total. The summed E-state index contributed by atoms with van der Waals surface area (Å²) in [6.45, 7) is 0. The third-order valence-electron chi connectivity index (χ3n) is 3.01. The van der Waals surface area contributed by atoms with Gasteiger partial charge in [-0.1, -0.05) is 60.7 Å². The first kappa shape index (κ1) is 13.0. The summed E-state index contributed by atoms with van der Waals surface area (Å²) in [6.07, 6.45) is 4.85. The van der Waals surface area contributed by atoms with Gasteiger partial charge in [-0.05, 0) is 11.1 Å². The fourth-order valence-corrected chi connectivity index (χ4v) is 2.02. The summed E-state index contributed by atoms with van der Waals surface area (Å²) >= 11 is 0. The fourth-order valence-electron chi connectivity index (χ4n) is 2.02. The van der Waals surface area contributed by atoms with Crippen molar-refractivity contribution >= 4 is 11.5 Å². The molecule has 3 aromatic rings. The zero-order chi connectivity index (χ0) is 14.3. The SMILES string of the molecule is C(Nc1ncncn1)=C(c1ccccc1)c1ccccc1. The molecular weight excluding hydrogens is 260 g/mol. The first-order valence-electron chi connectivity index (χ1n) is 6.63. The van der Waals surface area contributed by atoms with Crippen LogP contribution >= 0.6 is 0 Å². The zero-order valence-corrected chi connectivity index (χ0v) is 11.3. The minimum Gasteiger partial charge on any atom is -0.330 e. The number of hydrogen-bond donors (Lipinski definition) is 1. The lowest BCUT2D eigenvalue weighted by Gasteiger charge is -2.09. The van der Waals surface area contributed by atoms with Crippen LogP contribution in [0.4, 0.5) is 5.95 Å².